The second-order valence-electron chi connectivity index (χ2n) is 4.91. The van der Waals surface area contributed by atoms with E-state index in [9.17, 15) is 4.79 Å². The number of hydrogen-bond acceptors (Lipinski definition) is 7. The summed E-state index contributed by atoms with van der Waals surface area (Å²) in [5.41, 5.74) is 6.05. The number of anilines is 1. The van der Waals surface area contributed by atoms with Gasteiger partial charge in [0.15, 0.2) is 0 Å². The molecule has 0 bridgehead atoms. The minimum Gasteiger partial charge on any atom is -0.467 e. The predicted octanol–water partition coefficient (Wildman–Crippen LogP) is 0.861. The second-order valence-corrected chi connectivity index (χ2v) is 5.64. The standard InChI is InChI=1S/C13H17N5O2S/c1-9-15-13(21-16-9)18-4-2-17(3-5-18)12(19)10-6-11(7-14)20-8-10/h6,8H,2-5,7,14H2,1H3. The highest BCUT2D eigenvalue weighted by Gasteiger charge is 2.24. The van der Waals surface area contributed by atoms with Crippen molar-refractivity contribution < 1.29 is 9.21 Å². The van der Waals surface area contributed by atoms with Crippen molar-refractivity contribution in [3.8, 4) is 0 Å². The van der Waals surface area contributed by atoms with E-state index in [2.05, 4.69) is 14.3 Å². The minimum absolute atomic E-state index is 0.00783. The van der Waals surface area contributed by atoms with Crippen molar-refractivity contribution in [1.82, 2.24) is 14.3 Å². The van der Waals surface area contributed by atoms with Gasteiger partial charge in [-0.1, -0.05) is 0 Å². The van der Waals surface area contributed by atoms with Crippen LogP contribution in [0.5, 0.6) is 0 Å². The Hall–Kier alpha value is -1.93. The van der Waals surface area contributed by atoms with Crippen molar-refractivity contribution in [3.05, 3.63) is 29.5 Å². The number of amides is 1. The van der Waals surface area contributed by atoms with Crippen molar-refractivity contribution in [3.63, 3.8) is 0 Å². The Balaban J connectivity index is 1.61. The Labute approximate surface area is 126 Å². The molecule has 0 aliphatic carbocycles. The van der Waals surface area contributed by atoms with Gasteiger partial charge in [0.2, 0.25) is 5.13 Å². The molecule has 0 spiro atoms. The van der Waals surface area contributed by atoms with Crippen molar-refractivity contribution in [2.45, 2.75) is 13.5 Å². The van der Waals surface area contributed by atoms with E-state index in [1.807, 2.05) is 11.8 Å². The monoisotopic (exact) mass is 307 g/mol. The normalized spacial score (nSPS) is 15.5. The number of hydrogen-bond donors (Lipinski definition) is 1. The topological polar surface area (TPSA) is 88.5 Å². The number of nitrogens with zero attached hydrogens (tertiary/aromatic N) is 4. The first-order chi connectivity index (χ1) is 10.2. The van der Waals surface area contributed by atoms with Gasteiger partial charge in [-0.2, -0.15) is 4.37 Å². The van der Waals surface area contributed by atoms with Crippen LogP contribution in [0.15, 0.2) is 16.7 Å². The smallest absolute Gasteiger partial charge is 0.257 e. The summed E-state index contributed by atoms with van der Waals surface area (Å²) in [6, 6.07) is 1.71. The van der Waals surface area contributed by atoms with Crippen molar-refractivity contribution in [1.29, 1.82) is 0 Å². The van der Waals surface area contributed by atoms with E-state index in [4.69, 9.17) is 10.2 Å². The fourth-order valence-corrected chi connectivity index (χ4v) is 3.02. The van der Waals surface area contributed by atoms with Gasteiger partial charge in [0.05, 0.1) is 12.1 Å². The van der Waals surface area contributed by atoms with Crippen LogP contribution in [0.2, 0.25) is 0 Å². The molecule has 8 heteroatoms. The summed E-state index contributed by atoms with van der Waals surface area (Å²) in [4.78, 5) is 20.7. The minimum atomic E-state index is -0.00783. The third-order valence-electron chi connectivity index (χ3n) is 3.46. The Morgan fingerprint density at radius 2 is 2.19 bits per heavy atom. The van der Waals surface area contributed by atoms with Crippen LogP contribution >= 0.6 is 11.5 Å². The zero-order chi connectivity index (χ0) is 14.8. The average molecular weight is 307 g/mol. The third-order valence-corrected chi connectivity index (χ3v) is 4.32. The van der Waals surface area contributed by atoms with Crippen LogP contribution in [0.4, 0.5) is 5.13 Å². The molecule has 2 aromatic heterocycles. The first-order valence-electron chi connectivity index (χ1n) is 6.79. The third kappa shape index (κ3) is 2.91. The first-order valence-corrected chi connectivity index (χ1v) is 7.56. The van der Waals surface area contributed by atoms with Gasteiger partial charge in [-0.3, -0.25) is 4.79 Å². The number of aryl methyl sites for hydroxylation is 1. The van der Waals surface area contributed by atoms with E-state index < -0.39 is 0 Å². The Morgan fingerprint density at radius 3 is 2.76 bits per heavy atom. The average Bonchev–Trinajstić information content (AvgIpc) is 3.15. The lowest BCUT2D eigenvalue weighted by atomic mass is 10.2. The van der Waals surface area contributed by atoms with Gasteiger partial charge in [-0.25, -0.2) is 4.98 Å². The van der Waals surface area contributed by atoms with Crippen LogP contribution in [0.1, 0.15) is 21.9 Å². The van der Waals surface area contributed by atoms with Crippen molar-refractivity contribution in [2.24, 2.45) is 5.73 Å². The molecule has 7 nitrogen and oxygen atoms in total. The maximum absolute atomic E-state index is 12.4. The molecule has 2 aromatic rings. The van der Waals surface area contributed by atoms with Crippen LogP contribution in [-0.4, -0.2) is 46.3 Å². The van der Waals surface area contributed by atoms with Crippen LogP contribution in [0.3, 0.4) is 0 Å². The van der Waals surface area contributed by atoms with E-state index in [0.717, 1.165) is 24.0 Å². The number of furan rings is 1. The van der Waals surface area contributed by atoms with Crippen molar-refractivity contribution >= 4 is 22.6 Å². The van der Waals surface area contributed by atoms with E-state index in [1.54, 1.807) is 6.07 Å². The molecule has 1 amide bonds. The molecule has 0 atom stereocenters. The highest BCUT2D eigenvalue weighted by atomic mass is 32.1. The van der Waals surface area contributed by atoms with E-state index in [1.165, 1.54) is 17.8 Å². The van der Waals surface area contributed by atoms with Crippen LogP contribution in [0.25, 0.3) is 0 Å². The number of rotatable bonds is 3. The Morgan fingerprint density at radius 1 is 1.43 bits per heavy atom. The van der Waals surface area contributed by atoms with E-state index in [0.29, 0.717) is 31.0 Å². The highest BCUT2D eigenvalue weighted by molar-refractivity contribution is 7.09. The second kappa shape index (κ2) is 5.82. The zero-order valence-electron chi connectivity index (χ0n) is 11.8. The van der Waals surface area contributed by atoms with Crippen LogP contribution in [-0.2, 0) is 6.54 Å². The quantitative estimate of drug-likeness (QED) is 0.905. The van der Waals surface area contributed by atoms with Gasteiger partial charge in [0, 0.05) is 37.7 Å². The van der Waals surface area contributed by atoms with Gasteiger partial charge in [0.25, 0.3) is 5.91 Å². The Kier molecular flexibility index (Phi) is 3.89. The van der Waals surface area contributed by atoms with E-state index in [-0.39, 0.29) is 5.91 Å². The molecule has 3 rings (SSSR count). The summed E-state index contributed by atoms with van der Waals surface area (Å²) in [6.07, 6.45) is 1.48. The molecule has 1 fully saturated rings. The Bertz CT molecular complexity index is 630. The lowest BCUT2D eigenvalue weighted by Crippen LogP contribution is -2.48. The van der Waals surface area contributed by atoms with Gasteiger partial charge in [0.1, 0.15) is 17.8 Å². The maximum Gasteiger partial charge on any atom is 0.257 e. The van der Waals surface area contributed by atoms with Crippen molar-refractivity contribution in [2.75, 3.05) is 31.1 Å². The van der Waals surface area contributed by atoms with Gasteiger partial charge in [-0.15, -0.1) is 0 Å². The fourth-order valence-electron chi connectivity index (χ4n) is 2.30. The molecular formula is C13H17N5O2S. The van der Waals surface area contributed by atoms with Crippen LogP contribution < -0.4 is 10.6 Å². The summed E-state index contributed by atoms with van der Waals surface area (Å²) in [6.45, 7) is 5.05. The molecule has 2 N–H and O–H groups in total. The predicted molar refractivity (Wildman–Crippen MR) is 79.4 cm³/mol. The highest BCUT2D eigenvalue weighted by Crippen LogP contribution is 2.19. The summed E-state index contributed by atoms with van der Waals surface area (Å²) in [7, 11) is 0. The summed E-state index contributed by atoms with van der Waals surface area (Å²) in [5.74, 6) is 1.41. The van der Waals surface area contributed by atoms with Gasteiger partial charge in [-0.05, 0) is 13.0 Å². The molecule has 0 radical (unpaired) electrons. The zero-order valence-corrected chi connectivity index (χ0v) is 12.6. The molecule has 1 saturated heterocycles. The molecule has 21 heavy (non-hydrogen) atoms. The fraction of sp³-hybridized carbons (Fsp3) is 0.462. The molecule has 0 aromatic carbocycles. The first kappa shape index (κ1) is 14.0. The molecule has 0 saturated carbocycles. The number of nitrogens with two attached hydrogens (primary N) is 1. The lowest BCUT2D eigenvalue weighted by Gasteiger charge is -2.34. The summed E-state index contributed by atoms with van der Waals surface area (Å²) in [5, 5.41) is 0.924. The number of aromatic nitrogens is 2. The maximum atomic E-state index is 12.4. The summed E-state index contributed by atoms with van der Waals surface area (Å²) >= 11 is 1.40. The number of carbonyl (C=O) groups is 1. The van der Waals surface area contributed by atoms with E-state index >= 15 is 0 Å². The van der Waals surface area contributed by atoms with Gasteiger partial charge >= 0.3 is 0 Å². The molecule has 1 aliphatic rings. The lowest BCUT2D eigenvalue weighted by molar-refractivity contribution is 0.0746. The number of piperazine rings is 1. The number of carbonyl (C=O) groups excluding carboxylic acids is 1. The summed E-state index contributed by atoms with van der Waals surface area (Å²) < 4.78 is 9.41. The molecule has 1 aliphatic heterocycles. The molecule has 3 heterocycles. The van der Waals surface area contributed by atoms with Crippen LogP contribution in [0, 0.1) is 6.92 Å². The SMILES string of the molecule is Cc1nsc(N2CCN(C(=O)c3coc(CN)c3)CC2)n1. The largest absolute Gasteiger partial charge is 0.467 e. The molecule has 112 valence electrons. The molecule has 0 unspecified atom stereocenters. The van der Waals surface area contributed by atoms with Gasteiger partial charge < -0.3 is 20.0 Å². The molecular weight excluding hydrogens is 290 g/mol.